The summed E-state index contributed by atoms with van der Waals surface area (Å²) in [5.41, 5.74) is 11.2. The molecule has 25 heavy (non-hydrogen) atoms. The second-order valence-electron chi connectivity index (χ2n) is 6.98. The van der Waals surface area contributed by atoms with Gasteiger partial charge in [-0.15, -0.1) is 0 Å². The van der Waals surface area contributed by atoms with Gasteiger partial charge in [-0.1, -0.05) is 32.6 Å². The molecule has 0 saturated heterocycles. The first-order chi connectivity index (χ1) is 11.9. The highest BCUT2D eigenvalue weighted by molar-refractivity contribution is 6.20. The Labute approximate surface area is 146 Å². The molecule has 4 nitrogen and oxygen atoms in total. The Bertz CT molecular complexity index is 1060. The van der Waals surface area contributed by atoms with Gasteiger partial charge in [0, 0.05) is 38.8 Å². The van der Waals surface area contributed by atoms with Crippen LogP contribution in [0.3, 0.4) is 0 Å². The van der Waals surface area contributed by atoms with Gasteiger partial charge < -0.3 is 15.5 Å². The van der Waals surface area contributed by atoms with Crippen molar-refractivity contribution in [2.45, 2.75) is 19.3 Å². The SMILES string of the molecule is C=Cc1cc2c(cc1OC)C(C)(C)c1[nH]c3cc(N)ccc3c1C2=O. The molecule has 0 unspecified atom stereocenters. The zero-order valence-corrected chi connectivity index (χ0v) is 14.6. The number of ether oxygens (including phenoxy) is 1. The molecule has 0 bridgehead atoms. The van der Waals surface area contributed by atoms with Crippen molar-refractivity contribution in [1.29, 1.82) is 0 Å². The molecule has 1 heterocycles. The third-order valence-electron chi connectivity index (χ3n) is 5.18. The van der Waals surface area contributed by atoms with Crippen molar-refractivity contribution in [3.05, 3.63) is 64.9 Å². The van der Waals surface area contributed by atoms with Gasteiger partial charge in [0.15, 0.2) is 5.78 Å². The van der Waals surface area contributed by atoms with Crippen molar-refractivity contribution < 1.29 is 9.53 Å². The Balaban J connectivity index is 2.08. The van der Waals surface area contributed by atoms with Gasteiger partial charge in [-0.25, -0.2) is 0 Å². The zero-order chi connectivity index (χ0) is 17.9. The van der Waals surface area contributed by atoms with Crippen LogP contribution >= 0.6 is 0 Å². The van der Waals surface area contributed by atoms with Crippen LogP contribution in [0.4, 0.5) is 5.69 Å². The average molecular weight is 332 g/mol. The van der Waals surface area contributed by atoms with Crippen LogP contribution < -0.4 is 10.5 Å². The third kappa shape index (κ3) is 1.97. The quantitative estimate of drug-likeness (QED) is 0.689. The van der Waals surface area contributed by atoms with Crippen LogP contribution in [0, 0.1) is 0 Å². The van der Waals surface area contributed by atoms with Gasteiger partial charge in [0.1, 0.15) is 5.75 Å². The fraction of sp³-hybridized carbons (Fsp3) is 0.190. The fourth-order valence-electron chi connectivity index (χ4n) is 3.83. The topological polar surface area (TPSA) is 68.1 Å². The number of H-pyrrole nitrogens is 1. The minimum Gasteiger partial charge on any atom is -0.496 e. The Morgan fingerprint density at radius 1 is 1.24 bits per heavy atom. The first-order valence-electron chi connectivity index (χ1n) is 8.19. The number of ketones is 1. The molecule has 0 fully saturated rings. The number of nitrogens with two attached hydrogens (primary N) is 1. The number of hydrogen-bond acceptors (Lipinski definition) is 3. The molecule has 0 saturated carbocycles. The molecule has 3 aromatic rings. The van der Waals surface area contributed by atoms with Gasteiger partial charge in [-0.2, -0.15) is 0 Å². The maximum Gasteiger partial charge on any atom is 0.195 e. The molecular weight excluding hydrogens is 312 g/mol. The van der Waals surface area contributed by atoms with Crippen LogP contribution in [-0.4, -0.2) is 17.9 Å². The third-order valence-corrected chi connectivity index (χ3v) is 5.18. The molecule has 0 aliphatic heterocycles. The summed E-state index contributed by atoms with van der Waals surface area (Å²) in [6.07, 6.45) is 1.71. The fourth-order valence-corrected chi connectivity index (χ4v) is 3.83. The van der Waals surface area contributed by atoms with Crippen molar-refractivity contribution in [1.82, 2.24) is 4.98 Å². The summed E-state index contributed by atoms with van der Waals surface area (Å²) < 4.78 is 5.48. The van der Waals surface area contributed by atoms with E-state index in [1.807, 2.05) is 30.3 Å². The lowest BCUT2D eigenvalue weighted by Crippen LogP contribution is -2.30. The van der Waals surface area contributed by atoms with Gasteiger partial charge in [-0.3, -0.25) is 4.79 Å². The minimum atomic E-state index is -0.362. The number of fused-ring (bicyclic) bond motifs is 4. The van der Waals surface area contributed by atoms with E-state index >= 15 is 0 Å². The first-order valence-corrected chi connectivity index (χ1v) is 8.19. The number of rotatable bonds is 2. The molecule has 2 aromatic carbocycles. The summed E-state index contributed by atoms with van der Waals surface area (Å²) in [5.74, 6) is 0.740. The van der Waals surface area contributed by atoms with Gasteiger partial charge in [-0.05, 0) is 29.8 Å². The lowest BCUT2D eigenvalue weighted by Gasteiger charge is -2.32. The lowest BCUT2D eigenvalue weighted by molar-refractivity contribution is 0.103. The van der Waals surface area contributed by atoms with Crippen LogP contribution in [0.2, 0.25) is 0 Å². The van der Waals surface area contributed by atoms with E-state index in [4.69, 9.17) is 10.5 Å². The number of aromatic amines is 1. The molecule has 0 atom stereocenters. The van der Waals surface area contributed by atoms with Gasteiger partial charge in [0.25, 0.3) is 0 Å². The molecule has 0 spiro atoms. The summed E-state index contributed by atoms with van der Waals surface area (Å²) in [6, 6.07) is 9.45. The number of carbonyl (C=O) groups excluding carboxylic acids is 1. The summed E-state index contributed by atoms with van der Waals surface area (Å²) in [4.78, 5) is 16.7. The maximum absolute atomic E-state index is 13.3. The molecule has 4 heteroatoms. The Kier molecular flexibility index (Phi) is 3.10. The number of nitrogen functional groups attached to an aromatic ring is 1. The van der Waals surface area contributed by atoms with E-state index in [1.54, 1.807) is 13.2 Å². The Morgan fingerprint density at radius 3 is 2.68 bits per heavy atom. The van der Waals surface area contributed by atoms with E-state index in [0.29, 0.717) is 11.3 Å². The monoisotopic (exact) mass is 332 g/mol. The first kappa shape index (κ1) is 15.5. The van der Waals surface area contributed by atoms with E-state index in [-0.39, 0.29) is 11.2 Å². The average Bonchev–Trinajstić information content (AvgIpc) is 2.98. The molecule has 3 N–H and O–H groups in total. The molecule has 0 radical (unpaired) electrons. The van der Waals surface area contributed by atoms with Gasteiger partial charge in [0.05, 0.1) is 12.7 Å². The van der Waals surface area contributed by atoms with Crippen molar-refractivity contribution in [2.24, 2.45) is 0 Å². The Hall–Kier alpha value is -3.01. The molecule has 1 aliphatic carbocycles. The number of aromatic nitrogens is 1. The number of benzene rings is 2. The second-order valence-corrected chi connectivity index (χ2v) is 6.98. The molecule has 1 aromatic heterocycles. The predicted octanol–water partition coefficient (Wildman–Crippen LogP) is 4.27. The lowest BCUT2D eigenvalue weighted by atomic mass is 9.71. The number of nitrogens with one attached hydrogen (secondary N) is 1. The summed E-state index contributed by atoms with van der Waals surface area (Å²) in [5, 5.41) is 0.906. The highest BCUT2D eigenvalue weighted by atomic mass is 16.5. The molecule has 1 aliphatic rings. The predicted molar refractivity (Wildman–Crippen MR) is 101 cm³/mol. The zero-order valence-electron chi connectivity index (χ0n) is 14.6. The van der Waals surface area contributed by atoms with Crippen LogP contribution in [-0.2, 0) is 5.41 Å². The Morgan fingerprint density at radius 2 is 2.00 bits per heavy atom. The molecular formula is C21H20N2O2. The minimum absolute atomic E-state index is 0.0195. The highest BCUT2D eigenvalue weighted by Gasteiger charge is 2.40. The van der Waals surface area contributed by atoms with Crippen molar-refractivity contribution in [3.63, 3.8) is 0 Å². The molecule has 0 amide bonds. The van der Waals surface area contributed by atoms with Crippen molar-refractivity contribution >= 4 is 28.4 Å². The van der Waals surface area contributed by atoms with E-state index in [9.17, 15) is 4.79 Å². The summed E-state index contributed by atoms with van der Waals surface area (Å²) in [6.45, 7) is 8.06. The number of methoxy groups -OCH3 is 1. The highest BCUT2D eigenvalue weighted by Crippen LogP contribution is 2.45. The molecule has 126 valence electrons. The molecule has 4 rings (SSSR count). The van der Waals surface area contributed by atoms with Crippen LogP contribution in [0.1, 0.15) is 46.6 Å². The second kappa shape index (κ2) is 4.99. The van der Waals surface area contributed by atoms with Crippen molar-refractivity contribution in [2.75, 3.05) is 12.8 Å². The van der Waals surface area contributed by atoms with E-state index in [2.05, 4.69) is 25.4 Å². The van der Waals surface area contributed by atoms with E-state index in [0.717, 1.165) is 39.0 Å². The van der Waals surface area contributed by atoms with Gasteiger partial charge >= 0.3 is 0 Å². The smallest absolute Gasteiger partial charge is 0.195 e. The van der Waals surface area contributed by atoms with Gasteiger partial charge in [0.2, 0.25) is 0 Å². The largest absolute Gasteiger partial charge is 0.496 e. The van der Waals surface area contributed by atoms with Crippen LogP contribution in [0.25, 0.3) is 17.0 Å². The number of anilines is 1. The standard InChI is InChI=1S/C21H20N2O2/c1-5-11-8-14-15(10-17(11)25-4)21(2,3)20-18(19(14)24)13-7-6-12(22)9-16(13)23-20/h5-10,23H,1,22H2,2-4H3. The summed E-state index contributed by atoms with van der Waals surface area (Å²) >= 11 is 0. The number of hydrogen-bond donors (Lipinski definition) is 2. The number of carbonyl (C=O) groups is 1. The van der Waals surface area contributed by atoms with Crippen LogP contribution in [0.5, 0.6) is 5.75 Å². The maximum atomic E-state index is 13.3. The normalized spacial score (nSPS) is 14.9. The van der Waals surface area contributed by atoms with E-state index < -0.39 is 0 Å². The van der Waals surface area contributed by atoms with Crippen molar-refractivity contribution in [3.8, 4) is 5.75 Å². The van der Waals surface area contributed by atoms with E-state index in [1.165, 1.54) is 0 Å². The van der Waals surface area contributed by atoms with Crippen LogP contribution in [0.15, 0.2) is 36.9 Å². The summed E-state index contributed by atoms with van der Waals surface area (Å²) in [7, 11) is 1.63.